The zero-order valence-corrected chi connectivity index (χ0v) is 13.2. The molecule has 0 heterocycles. The molecule has 0 aliphatic rings. The number of sulfonamides is 1. The molecule has 0 aliphatic heterocycles. The van der Waals surface area contributed by atoms with E-state index in [2.05, 4.69) is 4.72 Å². The maximum atomic E-state index is 12.1. The first-order valence-corrected chi connectivity index (χ1v) is 8.97. The maximum absolute atomic E-state index is 12.1. The maximum Gasteiger partial charge on any atom is 0.233 e. The molecule has 21 heavy (non-hydrogen) atoms. The van der Waals surface area contributed by atoms with Crippen LogP contribution in [-0.2, 0) is 22.9 Å². The summed E-state index contributed by atoms with van der Waals surface area (Å²) in [6, 6.07) is 16.9. The summed E-state index contributed by atoms with van der Waals surface area (Å²) in [5.41, 5.74) is 2.69. The van der Waals surface area contributed by atoms with E-state index in [9.17, 15) is 8.42 Å². The Labute approximate surface area is 131 Å². The summed E-state index contributed by atoms with van der Waals surface area (Å²) in [5.74, 6) is 0.628. The molecule has 2 aromatic rings. The molecule has 0 bridgehead atoms. The number of rotatable bonds is 7. The molecule has 0 unspecified atom stereocenters. The third kappa shape index (κ3) is 5.40. The Morgan fingerprint density at radius 3 is 2.10 bits per heavy atom. The van der Waals surface area contributed by atoms with Gasteiger partial charge in [-0.2, -0.15) is 0 Å². The molecule has 0 atom stereocenters. The van der Waals surface area contributed by atoms with Gasteiger partial charge in [0.2, 0.25) is 10.0 Å². The summed E-state index contributed by atoms with van der Waals surface area (Å²) in [4.78, 5) is 0. The van der Waals surface area contributed by atoms with Gasteiger partial charge >= 0.3 is 0 Å². The highest BCUT2D eigenvalue weighted by Gasteiger charge is 2.10. The number of halogens is 1. The first kappa shape index (κ1) is 15.9. The number of alkyl halides is 1. The van der Waals surface area contributed by atoms with Crippen LogP contribution in [-0.4, -0.2) is 20.1 Å². The van der Waals surface area contributed by atoms with Crippen LogP contribution >= 0.6 is 11.6 Å². The second kappa shape index (κ2) is 7.48. The molecule has 0 aromatic heterocycles. The summed E-state index contributed by atoms with van der Waals surface area (Å²) in [5, 5.41) is 0. The molecular formula is C16H18ClNO2S. The van der Waals surface area contributed by atoms with Crippen LogP contribution in [0.25, 0.3) is 0 Å². The summed E-state index contributed by atoms with van der Waals surface area (Å²) in [7, 11) is -3.33. The first-order valence-electron chi connectivity index (χ1n) is 6.78. The SMILES string of the molecule is O=S(=O)(CCc1ccccc1)Nc1ccc(CCCl)cc1. The van der Waals surface area contributed by atoms with E-state index >= 15 is 0 Å². The molecule has 1 N–H and O–H groups in total. The summed E-state index contributed by atoms with van der Waals surface area (Å²) in [6.07, 6.45) is 1.28. The number of anilines is 1. The molecule has 0 saturated heterocycles. The van der Waals surface area contributed by atoms with Crippen LogP contribution in [0.15, 0.2) is 54.6 Å². The standard InChI is InChI=1S/C16H18ClNO2S/c17-12-10-15-6-8-16(9-7-15)18-21(19,20)13-11-14-4-2-1-3-5-14/h1-9,18H,10-13H2. The Morgan fingerprint density at radius 2 is 1.48 bits per heavy atom. The average molecular weight is 324 g/mol. The van der Waals surface area contributed by atoms with Gasteiger partial charge in [0.1, 0.15) is 0 Å². The third-order valence-electron chi connectivity index (χ3n) is 3.11. The minimum atomic E-state index is -3.33. The largest absolute Gasteiger partial charge is 0.284 e. The lowest BCUT2D eigenvalue weighted by atomic mass is 10.2. The second-order valence-corrected chi connectivity index (χ2v) is 7.01. The lowest BCUT2D eigenvalue weighted by molar-refractivity contribution is 0.600. The molecule has 0 spiro atoms. The third-order valence-corrected chi connectivity index (χ3v) is 4.59. The lowest BCUT2D eigenvalue weighted by Crippen LogP contribution is -2.18. The zero-order valence-electron chi connectivity index (χ0n) is 11.6. The summed E-state index contributed by atoms with van der Waals surface area (Å²) < 4.78 is 26.7. The molecule has 2 rings (SSSR count). The van der Waals surface area contributed by atoms with Crippen molar-refractivity contribution in [1.82, 2.24) is 0 Å². The van der Waals surface area contributed by atoms with Crippen LogP contribution < -0.4 is 4.72 Å². The highest BCUT2D eigenvalue weighted by molar-refractivity contribution is 7.92. The van der Waals surface area contributed by atoms with Gasteiger partial charge in [-0.15, -0.1) is 11.6 Å². The number of nitrogens with one attached hydrogen (secondary N) is 1. The lowest BCUT2D eigenvalue weighted by Gasteiger charge is -2.08. The van der Waals surface area contributed by atoms with E-state index in [1.165, 1.54) is 0 Å². The van der Waals surface area contributed by atoms with Gasteiger partial charge in [-0.25, -0.2) is 8.42 Å². The molecule has 0 aliphatic carbocycles. The topological polar surface area (TPSA) is 46.2 Å². The Bertz CT molecular complexity index is 654. The fourth-order valence-corrected chi connectivity index (χ4v) is 3.30. The molecule has 3 nitrogen and oxygen atoms in total. The number of aryl methyl sites for hydroxylation is 2. The van der Waals surface area contributed by atoms with Gasteiger partial charge in [0, 0.05) is 11.6 Å². The van der Waals surface area contributed by atoms with Crippen molar-refractivity contribution in [2.75, 3.05) is 16.4 Å². The van der Waals surface area contributed by atoms with Crippen LogP contribution in [0, 0.1) is 0 Å². The van der Waals surface area contributed by atoms with E-state index in [-0.39, 0.29) is 5.75 Å². The smallest absolute Gasteiger partial charge is 0.233 e. The Hall–Kier alpha value is -1.52. The van der Waals surface area contributed by atoms with Crippen molar-refractivity contribution >= 4 is 27.3 Å². The molecule has 0 amide bonds. The average Bonchev–Trinajstić information content (AvgIpc) is 2.48. The molecular weight excluding hydrogens is 306 g/mol. The van der Waals surface area contributed by atoms with E-state index in [1.807, 2.05) is 42.5 Å². The predicted octanol–water partition coefficient (Wildman–Crippen LogP) is 3.45. The monoisotopic (exact) mass is 323 g/mol. The summed E-state index contributed by atoms with van der Waals surface area (Å²) >= 11 is 5.67. The normalized spacial score (nSPS) is 11.3. The van der Waals surface area contributed by atoms with Crippen LogP contribution in [0.4, 0.5) is 5.69 Å². The molecule has 0 saturated carbocycles. The quantitative estimate of drug-likeness (QED) is 0.793. The van der Waals surface area contributed by atoms with Gasteiger partial charge in [0.25, 0.3) is 0 Å². The Kier molecular flexibility index (Phi) is 5.65. The van der Waals surface area contributed by atoms with Crippen molar-refractivity contribution in [3.8, 4) is 0 Å². The molecule has 0 radical (unpaired) electrons. The predicted molar refractivity (Wildman–Crippen MR) is 88.4 cm³/mol. The van der Waals surface area contributed by atoms with Crippen LogP contribution in [0.5, 0.6) is 0 Å². The van der Waals surface area contributed by atoms with Crippen molar-refractivity contribution in [2.24, 2.45) is 0 Å². The minimum Gasteiger partial charge on any atom is -0.284 e. The van der Waals surface area contributed by atoms with Crippen LogP contribution in [0.3, 0.4) is 0 Å². The van der Waals surface area contributed by atoms with Crippen molar-refractivity contribution in [3.63, 3.8) is 0 Å². The Balaban J connectivity index is 1.94. The highest BCUT2D eigenvalue weighted by atomic mass is 35.5. The van der Waals surface area contributed by atoms with Crippen molar-refractivity contribution in [1.29, 1.82) is 0 Å². The highest BCUT2D eigenvalue weighted by Crippen LogP contribution is 2.13. The van der Waals surface area contributed by atoms with Crippen molar-refractivity contribution in [3.05, 3.63) is 65.7 Å². The minimum absolute atomic E-state index is 0.0699. The van der Waals surface area contributed by atoms with Gasteiger partial charge in [0.15, 0.2) is 0 Å². The van der Waals surface area contributed by atoms with E-state index in [0.717, 1.165) is 17.5 Å². The van der Waals surface area contributed by atoms with E-state index in [1.54, 1.807) is 12.1 Å². The van der Waals surface area contributed by atoms with Gasteiger partial charge in [0.05, 0.1) is 5.75 Å². The Morgan fingerprint density at radius 1 is 0.857 bits per heavy atom. The van der Waals surface area contributed by atoms with E-state index in [0.29, 0.717) is 18.0 Å². The van der Waals surface area contributed by atoms with E-state index < -0.39 is 10.0 Å². The van der Waals surface area contributed by atoms with Crippen LogP contribution in [0.1, 0.15) is 11.1 Å². The van der Waals surface area contributed by atoms with E-state index in [4.69, 9.17) is 11.6 Å². The van der Waals surface area contributed by atoms with Gasteiger partial charge < -0.3 is 0 Å². The molecule has 0 fully saturated rings. The zero-order chi connectivity index (χ0) is 15.1. The van der Waals surface area contributed by atoms with Gasteiger partial charge in [-0.3, -0.25) is 4.72 Å². The molecule has 2 aromatic carbocycles. The van der Waals surface area contributed by atoms with Gasteiger partial charge in [-0.05, 0) is 36.1 Å². The number of hydrogen-bond donors (Lipinski definition) is 1. The molecule has 112 valence electrons. The number of benzene rings is 2. The second-order valence-electron chi connectivity index (χ2n) is 4.79. The number of hydrogen-bond acceptors (Lipinski definition) is 2. The summed E-state index contributed by atoms with van der Waals surface area (Å²) in [6.45, 7) is 0. The van der Waals surface area contributed by atoms with Crippen molar-refractivity contribution < 1.29 is 8.42 Å². The first-order chi connectivity index (χ1) is 10.1. The fourth-order valence-electron chi connectivity index (χ4n) is 1.98. The van der Waals surface area contributed by atoms with Crippen molar-refractivity contribution in [2.45, 2.75) is 12.8 Å². The molecule has 5 heteroatoms. The van der Waals surface area contributed by atoms with Gasteiger partial charge in [-0.1, -0.05) is 42.5 Å². The fraction of sp³-hybridized carbons (Fsp3) is 0.250. The van der Waals surface area contributed by atoms with Crippen LogP contribution in [0.2, 0.25) is 0 Å².